The molecule has 2 N–H and O–H groups in total. The van der Waals surface area contributed by atoms with Crippen LogP contribution in [-0.2, 0) is 6.42 Å². The molecule has 5 aromatic rings. The van der Waals surface area contributed by atoms with E-state index in [1.165, 1.54) is 54.9 Å². The van der Waals surface area contributed by atoms with Gasteiger partial charge in [0.25, 0.3) is 5.56 Å². The van der Waals surface area contributed by atoms with E-state index in [0.29, 0.717) is 35.2 Å². The number of aliphatic hydroxyl groups excluding tert-OH is 1. The first-order valence-electron chi connectivity index (χ1n) is 13.5. The molecule has 1 aliphatic rings. The van der Waals surface area contributed by atoms with E-state index < -0.39 is 35.2 Å². The van der Waals surface area contributed by atoms with Crippen LogP contribution in [0.2, 0.25) is 0 Å². The van der Waals surface area contributed by atoms with Gasteiger partial charge >= 0.3 is 0 Å². The maximum atomic E-state index is 15.2. The van der Waals surface area contributed by atoms with Crippen LogP contribution >= 0.6 is 0 Å². The lowest BCUT2D eigenvalue weighted by Gasteiger charge is -2.33. The summed E-state index contributed by atoms with van der Waals surface area (Å²) in [6.07, 6.45) is 1.92. The second-order valence-corrected chi connectivity index (χ2v) is 10.2. The zero-order valence-corrected chi connectivity index (χ0v) is 22.9. The molecule has 0 radical (unpaired) electrons. The van der Waals surface area contributed by atoms with E-state index in [9.17, 15) is 19.1 Å². The van der Waals surface area contributed by atoms with Gasteiger partial charge in [0.2, 0.25) is 5.88 Å². The summed E-state index contributed by atoms with van der Waals surface area (Å²) in [5, 5.41) is 21.8. The quantitative estimate of drug-likeness (QED) is 0.261. The summed E-state index contributed by atoms with van der Waals surface area (Å²) in [7, 11) is 1.92. The number of H-pyrrole nitrogens is 1. The third-order valence-electron chi connectivity index (χ3n) is 7.17. The third-order valence-corrected chi connectivity index (χ3v) is 7.17. The number of β-amino-alcohol motifs (C(OH)–C–C–N with tert-alkyl or cyclic N) is 1. The lowest BCUT2D eigenvalue weighted by molar-refractivity contribution is -0.0195. The van der Waals surface area contributed by atoms with Gasteiger partial charge < -0.3 is 19.5 Å². The fourth-order valence-corrected chi connectivity index (χ4v) is 4.94. The molecule has 2 atom stereocenters. The molecule has 0 saturated carbocycles. The standard InChI is InChI=1S/C30H26F2N6O5/c1-37-13-10-25(23(40)16-37)43-29-27-26(9-11-33-28(27)35-36-29)42-24-7-2-17(14-21(24)32)15-22(39)20-8-12-34-38(30(20)41)19-5-3-18(31)4-6-19/h2-9,11-12,14,23,25,40H,10,13,15-16H2,1H3,(H,33,35,36)/t23-,25?/m1/s1. The van der Waals surface area contributed by atoms with Gasteiger partial charge in [0.1, 0.15) is 29.2 Å². The van der Waals surface area contributed by atoms with Crippen LogP contribution in [-0.4, -0.2) is 73.1 Å². The number of nitrogens with one attached hydrogen (secondary N) is 1. The van der Waals surface area contributed by atoms with Crippen LogP contribution in [0.15, 0.2) is 71.8 Å². The monoisotopic (exact) mass is 588 g/mol. The van der Waals surface area contributed by atoms with Crippen molar-refractivity contribution >= 4 is 16.8 Å². The van der Waals surface area contributed by atoms with Crippen molar-refractivity contribution in [2.24, 2.45) is 0 Å². The maximum absolute atomic E-state index is 15.2. The van der Waals surface area contributed by atoms with Crippen molar-refractivity contribution < 1.29 is 28.2 Å². The Labute approximate surface area is 243 Å². The normalized spacial score (nSPS) is 17.2. The van der Waals surface area contributed by atoms with Crippen LogP contribution < -0.4 is 15.0 Å². The summed E-state index contributed by atoms with van der Waals surface area (Å²) in [5.74, 6) is -1.44. The zero-order chi connectivity index (χ0) is 30.1. The molecule has 220 valence electrons. The number of halogens is 2. The Balaban J connectivity index is 1.20. The van der Waals surface area contributed by atoms with Gasteiger partial charge in [0.05, 0.1) is 11.3 Å². The van der Waals surface area contributed by atoms with Gasteiger partial charge in [-0.05, 0) is 61.5 Å². The number of hydrogen-bond acceptors (Lipinski definition) is 9. The van der Waals surface area contributed by atoms with Crippen LogP contribution in [0.25, 0.3) is 16.7 Å². The molecule has 4 heterocycles. The number of likely N-dealkylation sites (tertiary alicyclic amines) is 1. The third kappa shape index (κ3) is 5.85. The molecule has 6 rings (SSSR count). The Morgan fingerprint density at radius 3 is 2.67 bits per heavy atom. The van der Waals surface area contributed by atoms with Crippen LogP contribution in [0.1, 0.15) is 22.3 Å². The van der Waals surface area contributed by atoms with Gasteiger partial charge in [-0.25, -0.2) is 13.8 Å². The summed E-state index contributed by atoms with van der Waals surface area (Å²) in [6.45, 7) is 1.21. The topological polar surface area (TPSA) is 135 Å². The first-order valence-corrected chi connectivity index (χ1v) is 13.5. The number of ketones is 1. The number of fused-ring (bicyclic) bond motifs is 1. The minimum absolute atomic E-state index is 0.113. The Morgan fingerprint density at radius 1 is 1.09 bits per heavy atom. The summed E-state index contributed by atoms with van der Waals surface area (Å²) >= 11 is 0. The number of hydrogen-bond donors (Lipinski definition) is 2. The number of benzene rings is 2. The second kappa shape index (κ2) is 11.7. The van der Waals surface area contributed by atoms with Gasteiger partial charge in [0.15, 0.2) is 23.0 Å². The number of aromatic amines is 1. The van der Waals surface area contributed by atoms with Crippen molar-refractivity contribution in [3.63, 3.8) is 0 Å². The highest BCUT2D eigenvalue weighted by Gasteiger charge is 2.29. The number of Topliss-reactive ketones (excluding diaryl/α,β-unsaturated/α-hetero) is 1. The lowest BCUT2D eigenvalue weighted by atomic mass is 10.0. The van der Waals surface area contributed by atoms with Crippen molar-refractivity contribution in [2.45, 2.75) is 25.0 Å². The van der Waals surface area contributed by atoms with Gasteiger partial charge in [-0.3, -0.25) is 14.7 Å². The van der Waals surface area contributed by atoms with Gasteiger partial charge in [-0.15, -0.1) is 5.10 Å². The highest BCUT2D eigenvalue weighted by Crippen LogP contribution is 2.36. The van der Waals surface area contributed by atoms with Crippen LogP contribution in [0, 0.1) is 11.6 Å². The SMILES string of the molecule is CN1CCC(Oc2n[nH]c3nccc(Oc4ccc(CC(=O)c5ccnn(-c6ccc(F)cc6)c5=O)cc4F)c23)[C@H](O)C1. The number of aliphatic hydroxyl groups is 1. The Morgan fingerprint density at radius 2 is 1.91 bits per heavy atom. The smallest absolute Gasteiger partial charge is 0.282 e. The van der Waals surface area contributed by atoms with Crippen molar-refractivity contribution in [3.05, 3.63) is 100 Å². The Kier molecular flexibility index (Phi) is 7.65. The molecule has 0 aliphatic carbocycles. The molecule has 1 saturated heterocycles. The van der Waals surface area contributed by atoms with Gasteiger partial charge in [-0.2, -0.15) is 9.78 Å². The number of pyridine rings is 1. The Bertz CT molecular complexity index is 1860. The van der Waals surface area contributed by atoms with E-state index in [4.69, 9.17) is 9.47 Å². The number of aromatic nitrogens is 5. The first-order chi connectivity index (χ1) is 20.8. The largest absolute Gasteiger partial charge is 0.470 e. The summed E-state index contributed by atoms with van der Waals surface area (Å²) in [5.41, 5.74) is 0.171. The van der Waals surface area contributed by atoms with Crippen LogP contribution in [0.5, 0.6) is 17.4 Å². The molecule has 0 spiro atoms. The lowest BCUT2D eigenvalue weighted by Crippen LogP contribution is -2.47. The molecule has 2 aromatic carbocycles. The molecule has 1 fully saturated rings. The highest BCUT2D eigenvalue weighted by atomic mass is 19.1. The number of carbonyl (C=O) groups excluding carboxylic acids is 1. The van der Waals surface area contributed by atoms with Crippen molar-refractivity contribution in [2.75, 3.05) is 20.1 Å². The van der Waals surface area contributed by atoms with Crippen LogP contribution in [0.3, 0.4) is 0 Å². The molecule has 1 unspecified atom stereocenters. The second-order valence-electron chi connectivity index (χ2n) is 10.2. The molecule has 0 bridgehead atoms. The maximum Gasteiger partial charge on any atom is 0.282 e. The molecule has 11 nitrogen and oxygen atoms in total. The summed E-state index contributed by atoms with van der Waals surface area (Å²) < 4.78 is 41.4. The number of likely N-dealkylation sites (N-methyl/N-ethyl adjacent to an activating group) is 1. The molecule has 1 aliphatic heterocycles. The van der Waals surface area contributed by atoms with Crippen molar-refractivity contribution in [3.8, 4) is 23.1 Å². The molecular weight excluding hydrogens is 562 g/mol. The zero-order valence-electron chi connectivity index (χ0n) is 22.9. The minimum Gasteiger partial charge on any atom is -0.470 e. The van der Waals surface area contributed by atoms with Crippen molar-refractivity contribution in [1.82, 2.24) is 29.9 Å². The van der Waals surface area contributed by atoms with E-state index in [1.54, 1.807) is 6.07 Å². The molecule has 13 heteroatoms. The summed E-state index contributed by atoms with van der Waals surface area (Å²) in [4.78, 5) is 32.2. The predicted molar refractivity (Wildman–Crippen MR) is 151 cm³/mol. The number of ether oxygens (including phenoxy) is 2. The fourth-order valence-electron chi connectivity index (χ4n) is 4.94. The van der Waals surface area contributed by atoms with Crippen molar-refractivity contribution in [1.29, 1.82) is 0 Å². The molecule has 43 heavy (non-hydrogen) atoms. The number of rotatable bonds is 8. The average Bonchev–Trinajstić information content (AvgIpc) is 3.40. The predicted octanol–water partition coefficient (Wildman–Crippen LogP) is 3.44. The number of piperidine rings is 1. The molecular formula is C30H26F2N6O5. The van der Waals surface area contributed by atoms with E-state index in [2.05, 4.69) is 20.3 Å². The van der Waals surface area contributed by atoms with E-state index in [0.717, 1.165) is 17.3 Å². The van der Waals surface area contributed by atoms with E-state index >= 15 is 4.39 Å². The van der Waals surface area contributed by atoms with E-state index in [1.807, 2.05) is 11.9 Å². The highest BCUT2D eigenvalue weighted by molar-refractivity contribution is 5.97. The minimum atomic E-state index is -0.731. The van der Waals surface area contributed by atoms with Gasteiger partial charge in [-0.1, -0.05) is 6.07 Å². The van der Waals surface area contributed by atoms with Crippen LogP contribution in [0.4, 0.5) is 8.78 Å². The molecule has 3 aromatic heterocycles. The first kappa shape index (κ1) is 28.1. The average molecular weight is 589 g/mol. The van der Waals surface area contributed by atoms with E-state index in [-0.39, 0.29) is 29.4 Å². The Hall–Kier alpha value is -5.01. The van der Waals surface area contributed by atoms with Gasteiger partial charge in [0, 0.05) is 38.0 Å². The number of carbonyl (C=O) groups is 1. The number of nitrogens with zero attached hydrogens (tertiary/aromatic N) is 5. The fraction of sp³-hybridized carbons (Fsp3) is 0.233. The summed E-state index contributed by atoms with van der Waals surface area (Å²) in [6, 6.07) is 12.0. The molecule has 0 amide bonds.